The summed E-state index contributed by atoms with van der Waals surface area (Å²) in [6, 6.07) is 3.83. The van der Waals surface area contributed by atoms with Gasteiger partial charge in [0.1, 0.15) is 11.5 Å². The molecule has 1 aromatic rings. The maximum absolute atomic E-state index is 9.37. The van der Waals surface area contributed by atoms with Crippen molar-refractivity contribution in [1.82, 2.24) is 0 Å². The Morgan fingerprint density at radius 3 is 2.43 bits per heavy atom. The number of halogens is 1. The van der Waals surface area contributed by atoms with Crippen molar-refractivity contribution in [3.63, 3.8) is 0 Å². The Morgan fingerprint density at radius 2 is 1.93 bits per heavy atom. The van der Waals surface area contributed by atoms with Crippen LogP contribution in [-0.4, -0.2) is 21.9 Å². The van der Waals surface area contributed by atoms with Crippen LogP contribution in [0.3, 0.4) is 0 Å². The molecular weight excluding hydrogens is 206 g/mol. The smallest absolute Gasteiger partial charge is 0.124 e. The Morgan fingerprint density at radius 1 is 1.29 bits per heavy atom. The van der Waals surface area contributed by atoms with Crippen LogP contribution in [0, 0.1) is 0 Å². The first kappa shape index (κ1) is 13.0. The molecule has 0 radical (unpaired) electrons. The van der Waals surface area contributed by atoms with Crippen molar-refractivity contribution in [3.05, 3.63) is 23.8 Å². The molecule has 0 saturated heterocycles. The summed E-state index contributed by atoms with van der Waals surface area (Å²) >= 11 is 0. The van der Waals surface area contributed by atoms with E-state index in [1.165, 1.54) is 12.1 Å². The average Bonchev–Trinajstić information content (AvgIpc) is 2.04. The van der Waals surface area contributed by atoms with E-state index in [-0.39, 0.29) is 30.5 Å². The van der Waals surface area contributed by atoms with E-state index in [4.69, 9.17) is 15.9 Å². The van der Waals surface area contributed by atoms with Gasteiger partial charge in [-0.2, -0.15) is 0 Å². The number of hydrogen-bond donors (Lipinski definition) is 4. The van der Waals surface area contributed by atoms with Crippen LogP contribution >= 0.6 is 12.4 Å². The lowest BCUT2D eigenvalue weighted by Gasteiger charge is -2.11. The van der Waals surface area contributed by atoms with Gasteiger partial charge in [0.2, 0.25) is 0 Å². The van der Waals surface area contributed by atoms with Crippen LogP contribution in [0.4, 0.5) is 0 Å². The lowest BCUT2D eigenvalue weighted by atomic mass is 10.0. The monoisotopic (exact) mass is 219 g/mol. The molecule has 0 fully saturated rings. The summed E-state index contributed by atoms with van der Waals surface area (Å²) in [5.74, 6) is -0.0431. The Hall–Kier alpha value is -0.970. The van der Waals surface area contributed by atoms with E-state index >= 15 is 0 Å². The third-order valence-electron chi connectivity index (χ3n) is 1.85. The fourth-order valence-corrected chi connectivity index (χ4v) is 1.14. The van der Waals surface area contributed by atoms with Gasteiger partial charge in [-0.15, -0.1) is 12.4 Å². The van der Waals surface area contributed by atoms with Crippen molar-refractivity contribution < 1.29 is 15.3 Å². The molecule has 0 unspecified atom stereocenters. The highest BCUT2D eigenvalue weighted by molar-refractivity contribution is 5.85. The minimum Gasteiger partial charge on any atom is -0.508 e. The van der Waals surface area contributed by atoms with E-state index in [1.54, 1.807) is 6.07 Å². The molecule has 14 heavy (non-hydrogen) atoms. The minimum absolute atomic E-state index is 0. The summed E-state index contributed by atoms with van der Waals surface area (Å²) in [5.41, 5.74) is 6.19. The number of benzene rings is 1. The van der Waals surface area contributed by atoms with Gasteiger partial charge in [-0.05, 0) is 12.5 Å². The minimum atomic E-state index is -0.398. The van der Waals surface area contributed by atoms with Crippen LogP contribution in [0.25, 0.3) is 0 Å². The lowest BCUT2D eigenvalue weighted by molar-refractivity contribution is 0.275. The fraction of sp³-hybridized carbons (Fsp3) is 0.333. The molecule has 1 aromatic carbocycles. The first-order chi connectivity index (χ1) is 6.15. The number of hydrogen-bond acceptors (Lipinski definition) is 4. The highest BCUT2D eigenvalue weighted by Gasteiger charge is 2.10. The van der Waals surface area contributed by atoms with Crippen molar-refractivity contribution in [1.29, 1.82) is 0 Å². The van der Waals surface area contributed by atoms with E-state index in [1.807, 2.05) is 0 Å². The van der Waals surface area contributed by atoms with Gasteiger partial charge < -0.3 is 21.1 Å². The van der Waals surface area contributed by atoms with Crippen molar-refractivity contribution in [2.45, 2.75) is 12.5 Å². The van der Waals surface area contributed by atoms with Gasteiger partial charge in [-0.3, -0.25) is 0 Å². The second-order valence-corrected chi connectivity index (χ2v) is 2.86. The molecule has 0 saturated carbocycles. The van der Waals surface area contributed by atoms with Crippen LogP contribution in [0.1, 0.15) is 18.0 Å². The SMILES string of the molecule is Cl.N[C@H](CCO)c1ccc(O)cc1O. The summed E-state index contributed by atoms with van der Waals surface area (Å²) in [5, 5.41) is 27.0. The molecular formula is C9H14ClNO3. The molecule has 0 aliphatic heterocycles. The fourth-order valence-electron chi connectivity index (χ4n) is 1.14. The zero-order valence-corrected chi connectivity index (χ0v) is 8.37. The maximum Gasteiger partial charge on any atom is 0.124 e. The molecule has 0 spiro atoms. The van der Waals surface area contributed by atoms with E-state index in [0.717, 1.165) is 0 Å². The van der Waals surface area contributed by atoms with Gasteiger partial charge in [-0.1, -0.05) is 6.07 Å². The van der Waals surface area contributed by atoms with E-state index in [2.05, 4.69) is 0 Å². The van der Waals surface area contributed by atoms with Gasteiger partial charge in [0.05, 0.1) is 0 Å². The zero-order chi connectivity index (χ0) is 9.84. The van der Waals surface area contributed by atoms with Crippen LogP contribution in [0.2, 0.25) is 0 Å². The molecule has 0 aliphatic rings. The number of aliphatic hydroxyl groups excluding tert-OH is 1. The molecule has 0 aliphatic carbocycles. The Bertz CT molecular complexity index is 293. The number of nitrogens with two attached hydrogens (primary N) is 1. The summed E-state index contributed by atoms with van der Waals surface area (Å²) in [6.07, 6.45) is 0.387. The van der Waals surface area contributed by atoms with Gasteiger partial charge >= 0.3 is 0 Å². The van der Waals surface area contributed by atoms with Crippen LogP contribution in [0.5, 0.6) is 11.5 Å². The lowest BCUT2D eigenvalue weighted by Crippen LogP contribution is -2.11. The molecule has 80 valence electrons. The molecule has 1 atom stereocenters. The summed E-state index contributed by atoms with van der Waals surface area (Å²) < 4.78 is 0. The normalized spacial score (nSPS) is 11.9. The third-order valence-corrected chi connectivity index (χ3v) is 1.85. The first-order valence-corrected chi connectivity index (χ1v) is 4.03. The summed E-state index contributed by atoms with van der Waals surface area (Å²) in [7, 11) is 0. The number of phenols is 2. The van der Waals surface area contributed by atoms with Crippen molar-refractivity contribution >= 4 is 12.4 Å². The maximum atomic E-state index is 9.37. The quantitative estimate of drug-likeness (QED) is 0.609. The number of aliphatic hydroxyl groups is 1. The molecule has 0 amide bonds. The van der Waals surface area contributed by atoms with Gasteiger partial charge in [0, 0.05) is 24.3 Å². The Balaban J connectivity index is 0.00000169. The second-order valence-electron chi connectivity index (χ2n) is 2.86. The average molecular weight is 220 g/mol. The van der Waals surface area contributed by atoms with Gasteiger partial charge in [0.25, 0.3) is 0 Å². The van der Waals surface area contributed by atoms with Crippen molar-refractivity contribution in [3.8, 4) is 11.5 Å². The molecule has 4 nitrogen and oxygen atoms in total. The molecule has 0 bridgehead atoms. The Kier molecular flexibility index (Phi) is 5.30. The second kappa shape index (κ2) is 5.70. The predicted octanol–water partition coefficient (Wildman–Crippen LogP) is 0.902. The molecule has 1 rings (SSSR count). The number of rotatable bonds is 3. The topological polar surface area (TPSA) is 86.7 Å². The largest absolute Gasteiger partial charge is 0.508 e. The molecule has 5 heteroatoms. The summed E-state index contributed by atoms with van der Waals surface area (Å²) in [6.45, 7) is -0.0263. The standard InChI is InChI=1S/C9H13NO3.ClH/c10-8(3-4-11)7-2-1-6(12)5-9(7)13;/h1-2,5,8,11-13H,3-4,10H2;1H/t8-;/m1./s1. The van der Waals surface area contributed by atoms with E-state index < -0.39 is 6.04 Å². The zero-order valence-electron chi connectivity index (χ0n) is 7.55. The van der Waals surface area contributed by atoms with E-state index in [0.29, 0.717) is 12.0 Å². The highest BCUT2D eigenvalue weighted by atomic mass is 35.5. The Labute approximate surface area is 88.4 Å². The molecule has 0 heterocycles. The van der Waals surface area contributed by atoms with Crippen molar-refractivity contribution in [2.24, 2.45) is 5.73 Å². The van der Waals surface area contributed by atoms with E-state index in [9.17, 15) is 5.11 Å². The number of aromatic hydroxyl groups is 2. The summed E-state index contributed by atoms with van der Waals surface area (Å²) in [4.78, 5) is 0. The first-order valence-electron chi connectivity index (χ1n) is 4.03. The van der Waals surface area contributed by atoms with Gasteiger partial charge in [-0.25, -0.2) is 0 Å². The van der Waals surface area contributed by atoms with Crippen molar-refractivity contribution in [2.75, 3.05) is 6.61 Å². The van der Waals surface area contributed by atoms with Crippen LogP contribution in [0.15, 0.2) is 18.2 Å². The van der Waals surface area contributed by atoms with Gasteiger partial charge in [0.15, 0.2) is 0 Å². The van der Waals surface area contributed by atoms with Crippen LogP contribution in [-0.2, 0) is 0 Å². The molecule has 0 aromatic heterocycles. The third kappa shape index (κ3) is 3.06. The van der Waals surface area contributed by atoms with Crippen LogP contribution < -0.4 is 5.73 Å². The predicted molar refractivity (Wildman–Crippen MR) is 55.7 cm³/mol. The molecule has 5 N–H and O–H groups in total. The highest BCUT2D eigenvalue weighted by Crippen LogP contribution is 2.27. The number of phenolic OH excluding ortho intramolecular Hbond substituents is 2.